The molecule has 1 N–H and O–H groups in total. The summed E-state index contributed by atoms with van der Waals surface area (Å²) in [6.45, 7) is 1.96. The van der Waals surface area contributed by atoms with E-state index in [4.69, 9.17) is 5.11 Å². The van der Waals surface area contributed by atoms with Gasteiger partial charge < -0.3 is 5.11 Å². The average Bonchev–Trinajstić information content (AvgIpc) is 3.20. The molecule has 2 aliphatic rings. The van der Waals surface area contributed by atoms with E-state index in [9.17, 15) is 17.6 Å². The fourth-order valence-electron chi connectivity index (χ4n) is 3.64. The van der Waals surface area contributed by atoms with Gasteiger partial charge in [-0.05, 0) is 56.2 Å². The van der Waals surface area contributed by atoms with Gasteiger partial charge in [-0.15, -0.1) is 0 Å². The van der Waals surface area contributed by atoms with Crippen LogP contribution in [0.4, 0.5) is 4.39 Å². The molecule has 1 aliphatic heterocycles. The Labute approximate surface area is 135 Å². The minimum atomic E-state index is -3.77. The van der Waals surface area contributed by atoms with Gasteiger partial charge in [0, 0.05) is 18.5 Å². The second kappa shape index (κ2) is 5.56. The van der Waals surface area contributed by atoms with Crippen molar-refractivity contribution >= 4 is 16.0 Å². The molecule has 1 atom stereocenters. The summed E-state index contributed by atoms with van der Waals surface area (Å²) in [5, 5.41) is 8.95. The summed E-state index contributed by atoms with van der Waals surface area (Å²) >= 11 is 0. The normalized spacial score (nSPS) is 23.8. The van der Waals surface area contributed by atoms with Gasteiger partial charge in [0.15, 0.2) is 0 Å². The molecule has 1 aliphatic carbocycles. The van der Waals surface area contributed by atoms with Crippen molar-refractivity contribution < 1.29 is 22.7 Å². The summed E-state index contributed by atoms with van der Waals surface area (Å²) in [6, 6.07) is 3.80. The molecule has 0 bridgehead atoms. The van der Waals surface area contributed by atoms with Crippen molar-refractivity contribution in [2.45, 2.75) is 49.5 Å². The third kappa shape index (κ3) is 2.99. The molecule has 1 unspecified atom stereocenters. The predicted molar refractivity (Wildman–Crippen MR) is 82.0 cm³/mol. The Hall–Kier alpha value is -1.47. The first-order valence-electron chi connectivity index (χ1n) is 7.75. The van der Waals surface area contributed by atoms with Crippen LogP contribution < -0.4 is 0 Å². The summed E-state index contributed by atoms with van der Waals surface area (Å²) < 4.78 is 41.0. The zero-order valence-electron chi connectivity index (χ0n) is 13.0. The number of carboxylic acid groups (broad SMARTS) is 1. The number of halogens is 1. The van der Waals surface area contributed by atoms with Crippen LogP contribution in [-0.4, -0.2) is 35.9 Å². The second-order valence-electron chi connectivity index (χ2n) is 6.67. The Kier molecular flexibility index (Phi) is 3.96. The standard InChI is InChI=1S/C16H20FNO4S/c1-11-2-3-13(17)9-14(11)23(21,22)18-7-4-12(8-15(19)20)10-16(18)5-6-16/h2-3,9,12H,4-8,10H2,1H3,(H,19,20). The Balaban J connectivity index is 1.90. The molecule has 7 heteroatoms. The van der Waals surface area contributed by atoms with Crippen molar-refractivity contribution in [3.63, 3.8) is 0 Å². The van der Waals surface area contributed by atoms with Crippen molar-refractivity contribution in [1.82, 2.24) is 4.31 Å². The van der Waals surface area contributed by atoms with Gasteiger partial charge in [0.2, 0.25) is 10.0 Å². The van der Waals surface area contributed by atoms with E-state index in [1.165, 1.54) is 16.4 Å². The van der Waals surface area contributed by atoms with E-state index in [1.807, 2.05) is 0 Å². The Morgan fingerprint density at radius 1 is 1.43 bits per heavy atom. The molecule has 0 amide bonds. The third-order valence-electron chi connectivity index (χ3n) is 4.95. The maximum atomic E-state index is 13.5. The molecule has 5 nitrogen and oxygen atoms in total. The number of carboxylic acids is 1. The number of piperidine rings is 1. The lowest BCUT2D eigenvalue weighted by atomic mass is 9.88. The largest absolute Gasteiger partial charge is 0.481 e. The molecular formula is C16H20FNO4S. The Morgan fingerprint density at radius 2 is 2.13 bits per heavy atom. The van der Waals surface area contributed by atoms with Gasteiger partial charge in [-0.25, -0.2) is 12.8 Å². The number of aryl methyl sites for hydroxylation is 1. The van der Waals surface area contributed by atoms with E-state index < -0.39 is 27.3 Å². The molecule has 0 radical (unpaired) electrons. The summed E-state index contributed by atoms with van der Waals surface area (Å²) in [4.78, 5) is 10.9. The summed E-state index contributed by atoms with van der Waals surface area (Å²) in [5.41, 5.74) is 0.0607. The van der Waals surface area contributed by atoms with Crippen LogP contribution in [0.2, 0.25) is 0 Å². The first-order valence-corrected chi connectivity index (χ1v) is 9.19. The van der Waals surface area contributed by atoms with Gasteiger partial charge in [-0.2, -0.15) is 4.31 Å². The van der Waals surface area contributed by atoms with E-state index >= 15 is 0 Å². The fourth-order valence-corrected chi connectivity index (χ4v) is 5.73. The smallest absolute Gasteiger partial charge is 0.303 e. The molecule has 126 valence electrons. The number of hydrogen-bond acceptors (Lipinski definition) is 3. The van der Waals surface area contributed by atoms with Crippen LogP contribution >= 0.6 is 0 Å². The molecule has 1 aromatic rings. The number of nitrogens with zero attached hydrogens (tertiary/aromatic N) is 1. The maximum absolute atomic E-state index is 13.5. The number of benzene rings is 1. The lowest BCUT2D eigenvalue weighted by molar-refractivity contribution is -0.138. The van der Waals surface area contributed by atoms with Crippen LogP contribution in [0, 0.1) is 18.7 Å². The molecule has 1 spiro atoms. The van der Waals surface area contributed by atoms with Gasteiger partial charge in [-0.1, -0.05) is 6.07 Å². The highest BCUT2D eigenvalue weighted by Crippen LogP contribution is 2.52. The maximum Gasteiger partial charge on any atom is 0.303 e. The first kappa shape index (κ1) is 16.4. The lowest BCUT2D eigenvalue weighted by Gasteiger charge is -2.39. The van der Waals surface area contributed by atoms with Crippen LogP contribution in [0.3, 0.4) is 0 Å². The fraction of sp³-hybridized carbons (Fsp3) is 0.562. The van der Waals surface area contributed by atoms with Gasteiger partial charge in [0.05, 0.1) is 4.90 Å². The van der Waals surface area contributed by atoms with E-state index in [-0.39, 0.29) is 17.2 Å². The van der Waals surface area contributed by atoms with Crippen molar-refractivity contribution in [2.24, 2.45) is 5.92 Å². The molecular weight excluding hydrogens is 321 g/mol. The van der Waals surface area contributed by atoms with Gasteiger partial charge in [0.1, 0.15) is 5.82 Å². The second-order valence-corrected chi connectivity index (χ2v) is 8.50. The average molecular weight is 341 g/mol. The van der Waals surface area contributed by atoms with Crippen LogP contribution in [0.1, 0.15) is 37.7 Å². The molecule has 2 fully saturated rings. The number of rotatable bonds is 4. The number of carbonyl (C=O) groups is 1. The summed E-state index contributed by atoms with van der Waals surface area (Å²) in [5.74, 6) is -1.40. The Bertz CT molecular complexity index is 742. The molecule has 1 heterocycles. The molecule has 1 saturated heterocycles. The van der Waals surface area contributed by atoms with Crippen molar-refractivity contribution in [3.8, 4) is 0 Å². The molecule has 1 saturated carbocycles. The van der Waals surface area contributed by atoms with E-state index in [0.29, 0.717) is 24.9 Å². The number of hydrogen-bond donors (Lipinski definition) is 1. The zero-order valence-corrected chi connectivity index (χ0v) is 13.8. The first-order chi connectivity index (χ1) is 10.7. The van der Waals surface area contributed by atoms with Crippen LogP contribution in [-0.2, 0) is 14.8 Å². The van der Waals surface area contributed by atoms with Crippen LogP contribution in [0.5, 0.6) is 0 Å². The highest BCUT2D eigenvalue weighted by molar-refractivity contribution is 7.89. The Morgan fingerprint density at radius 3 is 2.74 bits per heavy atom. The minimum Gasteiger partial charge on any atom is -0.481 e. The molecule has 23 heavy (non-hydrogen) atoms. The van der Waals surface area contributed by atoms with Gasteiger partial charge in [-0.3, -0.25) is 4.79 Å². The van der Waals surface area contributed by atoms with Crippen molar-refractivity contribution in [3.05, 3.63) is 29.6 Å². The monoisotopic (exact) mass is 341 g/mol. The zero-order chi connectivity index (χ0) is 16.8. The topological polar surface area (TPSA) is 74.7 Å². The van der Waals surface area contributed by atoms with Crippen LogP contribution in [0.15, 0.2) is 23.1 Å². The molecule has 1 aromatic carbocycles. The number of sulfonamides is 1. The summed E-state index contributed by atoms with van der Waals surface area (Å²) in [6.07, 6.45) is 2.68. The van der Waals surface area contributed by atoms with E-state index in [2.05, 4.69) is 0 Å². The summed E-state index contributed by atoms with van der Waals surface area (Å²) in [7, 11) is -3.77. The third-order valence-corrected chi connectivity index (χ3v) is 7.09. The lowest BCUT2D eigenvalue weighted by Crippen LogP contribution is -2.48. The van der Waals surface area contributed by atoms with Crippen molar-refractivity contribution in [2.75, 3.05) is 6.54 Å². The highest BCUT2D eigenvalue weighted by Gasteiger charge is 2.56. The number of aliphatic carboxylic acids is 1. The van der Waals surface area contributed by atoms with E-state index in [1.54, 1.807) is 6.92 Å². The van der Waals surface area contributed by atoms with Crippen molar-refractivity contribution in [1.29, 1.82) is 0 Å². The minimum absolute atomic E-state index is 0.00931. The molecule has 0 aromatic heterocycles. The highest BCUT2D eigenvalue weighted by atomic mass is 32.2. The predicted octanol–water partition coefficient (Wildman–Crippen LogP) is 2.54. The quantitative estimate of drug-likeness (QED) is 0.913. The SMILES string of the molecule is Cc1ccc(F)cc1S(=O)(=O)N1CCC(CC(=O)O)CC12CC2. The molecule has 3 rings (SSSR count). The van der Waals surface area contributed by atoms with Gasteiger partial charge in [0.25, 0.3) is 0 Å². The van der Waals surface area contributed by atoms with E-state index in [0.717, 1.165) is 18.9 Å². The van der Waals surface area contributed by atoms with Gasteiger partial charge >= 0.3 is 5.97 Å². The van der Waals surface area contributed by atoms with Crippen LogP contribution in [0.25, 0.3) is 0 Å².